The molecule has 0 bridgehead atoms. The SMILES string of the molecule is CNCCN(C)c1cc(=O)[nH]s1. The molecule has 0 radical (unpaired) electrons. The Morgan fingerprint density at radius 1 is 1.75 bits per heavy atom. The molecule has 0 aliphatic carbocycles. The van der Waals surface area contributed by atoms with Gasteiger partial charge in [0.05, 0.1) is 0 Å². The Bertz CT molecular complexity index is 280. The van der Waals surface area contributed by atoms with Crippen LogP contribution in [0.4, 0.5) is 5.00 Å². The van der Waals surface area contributed by atoms with Gasteiger partial charge in [-0.1, -0.05) is 0 Å². The first-order valence-electron chi connectivity index (χ1n) is 3.78. The summed E-state index contributed by atoms with van der Waals surface area (Å²) >= 11 is 1.37. The van der Waals surface area contributed by atoms with Crippen LogP contribution in [0.15, 0.2) is 10.9 Å². The van der Waals surface area contributed by atoms with Crippen molar-refractivity contribution in [3.63, 3.8) is 0 Å². The first kappa shape index (κ1) is 9.28. The molecule has 0 aliphatic heterocycles. The zero-order chi connectivity index (χ0) is 8.97. The van der Waals surface area contributed by atoms with Crippen LogP contribution in [0.2, 0.25) is 0 Å². The summed E-state index contributed by atoms with van der Waals surface area (Å²) in [6.07, 6.45) is 0. The standard InChI is InChI=1S/C7H13N3OS/c1-8-3-4-10(2)7-5-6(11)9-12-7/h5,8H,3-4H2,1-2H3,(H,9,11). The summed E-state index contributed by atoms with van der Waals surface area (Å²) in [5, 5.41) is 4.03. The highest BCUT2D eigenvalue weighted by Gasteiger charge is 2.01. The first-order chi connectivity index (χ1) is 5.74. The van der Waals surface area contributed by atoms with E-state index in [9.17, 15) is 4.79 Å². The molecule has 4 nitrogen and oxygen atoms in total. The Morgan fingerprint density at radius 3 is 3.00 bits per heavy atom. The van der Waals surface area contributed by atoms with E-state index in [1.165, 1.54) is 11.5 Å². The number of H-pyrrole nitrogens is 1. The lowest BCUT2D eigenvalue weighted by molar-refractivity contribution is 0.771. The normalized spacial score (nSPS) is 10.2. The Hall–Kier alpha value is -0.810. The number of hydrogen-bond acceptors (Lipinski definition) is 4. The second kappa shape index (κ2) is 4.27. The van der Waals surface area contributed by atoms with Crippen LogP contribution in [-0.4, -0.2) is 31.6 Å². The Morgan fingerprint density at radius 2 is 2.50 bits per heavy atom. The van der Waals surface area contributed by atoms with Gasteiger partial charge in [0, 0.05) is 26.2 Å². The molecule has 1 aromatic heterocycles. The van der Waals surface area contributed by atoms with Gasteiger partial charge in [0.1, 0.15) is 5.00 Å². The number of aromatic amines is 1. The fourth-order valence-electron chi connectivity index (χ4n) is 0.851. The largest absolute Gasteiger partial charge is 0.364 e. The van der Waals surface area contributed by atoms with Crippen LogP contribution < -0.4 is 15.8 Å². The number of nitrogens with zero attached hydrogens (tertiary/aromatic N) is 1. The summed E-state index contributed by atoms with van der Waals surface area (Å²) in [6.45, 7) is 1.83. The minimum Gasteiger partial charge on any atom is -0.364 e. The van der Waals surface area contributed by atoms with Crippen LogP contribution in [0.3, 0.4) is 0 Å². The van der Waals surface area contributed by atoms with E-state index in [0.717, 1.165) is 18.1 Å². The van der Waals surface area contributed by atoms with Crippen molar-refractivity contribution in [1.82, 2.24) is 9.69 Å². The summed E-state index contributed by atoms with van der Waals surface area (Å²) in [4.78, 5) is 12.8. The lowest BCUT2D eigenvalue weighted by Gasteiger charge is -2.15. The van der Waals surface area contributed by atoms with Crippen LogP contribution in [0.5, 0.6) is 0 Å². The molecule has 0 aromatic carbocycles. The van der Waals surface area contributed by atoms with E-state index in [2.05, 4.69) is 9.69 Å². The topological polar surface area (TPSA) is 48.1 Å². The molecule has 5 heteroatoms. The smallest absolute Gasteiger partial charge is 0.260 e. The number of likely N-dealkylation sites (N-methyl/N-ethyl adjacent to an activating group) is 2. The Kier molecular flexibility index (Phi) is 3.31. The van der Waals surface area contributed by atoms with Crippen molar-refractivity contribution >= 4 is 16.5 Å². The minimum absolute atomic E-state index is 0.0219. The molecular weight excluding hydrogens is 174 g/mol. The van der Waals surface area contributed by atoms with Crippen LogP contribution in [-0.2, 0) is 0 Å². The quantitative estimate of drug-likeness (QED) is 0.702. The van der Waals surface area contributed by atoms with Crippen molar-refractivity contribution in [1.29, 1.82) is 0 Å². The average Bonchev–Trinajstić information content (AvgIpc) is 2.47. The average molecular weight is 187 g/mol. The molecule has 0 unspecified atom stereocenters. The van der Waals surface area contributed by atoms with Crippen LogP contribution in [0, 0.1) is 0 Å². The molecule has 0 amide bonds. The van der Waals surface area contributed by atoms with Gasteiger partial charge in [-0.15, -0.1) is 0 Å². The fraction of sp³-hybridized carbons (Fsp3) is 0.571. The molecular formula is C7H13N3OS. The van der Waals surface area contributed by atoms with Crippen molar-refractivity contribution in [3.8, 4) is 0 Å². The van der Waals surface area contributed by atoms with Gasteiger partial charge >= 0.3 is 0 Å². The van der Waals surface area contributed by atoms with Gasteiger partial charge < -0.3 is 10.2 Å². The number of rotatable bonds is 4. The Labute approximate surface area is 75.4 Å². The van der Waals surface area contributed by atoms with E-state index in [4.69, 9.17) is 0 Å². The number of hydrogen-bond donors (Lipinski definition) is 2. The highest BCUT2D eigenvalue weighted by molar-refractivity contribution is 7.10. The van der Waals surface area contributed by atoms with Crippen molar-refractivity contribution in [2.45, 2.75) is 0 Å². The number of nitrogens with one attached hydrogen (secondary N) is 2. The van der Waals surface area contributed by atoms with Gasteiger partial charge in [0.2, 0.25) is 0 Å². The highest BCUT2D eigenvalue weighted by atomic mass is 32.1. The lowest BCUT2D eigenvalue weighted by Crippen LogP contribution is -2.26. The summed E-state index contributed by atoms with van der Waals surface area (Å²) in [5.74, 6) is 0. The molecule has 1 aromatic rings. The summed E-state index contributed by atoms with van der Waals surface area (Å²) < 4.78 is 2.65. The van der Waals surface area contributed by atoms with Crippen molar-refractivity contribution in [2.75, 3.05) is 32.1 Å². The van der Waals surface area contributed by atoms with Crippen molar-refractivity contribution in [2.24, 2.45) is 0 Å². The predicted molar refractivity (Wildman–Crippen MR) is 52.1 cm³/mol. The molecule has 1 rings (SSSR count). The predicted octanol–water partition coefficient (Wildman–Crippen LogP) is 0.0920. The second-order valence-electron chi connectivity index (χ2n) is 2.58. The number of aromatic nitrogens is 1. The van der Waals surface area contributed by atoms with Gasteiger partial charge in [-0.3, -0.25) is 9.17 Å². The van der Waals surface area contributed by atoms with Gasteiger partial charge in [0.15, 0.2) is 0 Å². The molecule has 0 saturated heterocycles. The maximum Gasteiger partial charge on any atom is 0.260 e. The molecule has 1 heterocycles. The molecule has 12 heavy (non-hydrogen) atoms. The van der Waals surface area contributed by atoms with Crippen LogP contribution in [0.25, 0.3) is 0 Å². The van der Waals surface area contributed by atoms with Gasteiger partial charge in [0.25, 0.3) is 5.56 Å². The third kappa shape index (κ3) is 2.35. The molecule has 0 aliphatic rings. The zero-order valence-corrected chi connectivity index (χ0v) is 8.07. The minimum atomic E-state index is -0.0219. The molecule has 0 saturated carbocycles. The maximum atomic E-state index is 10.8. The third-order valence-corrected chi connectivity index (χ3v) is 2.53. The van der Waals surface area contributed by atoms with E-state index >= 15 is 0 Å². The van der Waals surface area contributed by atoms with E-state index in [1.54, 1.807) is 6.07 Å². The van der Waals surface area contributed by atoms with E-state index < -0.39 is 0 Å². The highest BCUT2D eigenvalue weighted by Crippen LogP contribution is 2.12. The third-order valence-electron chi connectivity index (χ3n) is 1.58. The maximum absolute atomic E-state index is 10.8. The molecule has 2 N–H and O–H groups in total. The summed E-state index contributed by atoms with van der Waals surface area (Å²) in [6, 6.07) is 1.61. The van der Waals surface area contributed by atoms with Crippen LogP contribution >= 0.6 is 11.5 Å². The lowest BCUT2D eigenvalue weighted by atomic mass is 10.5. The molecule has 0 spiro atoms. The van der Waals surface area contributed by atoms with Crippen molar-refractivity contribution < 1.29 is 0 Å². The molecule has 0 atom stereocenters. The molecule has 0 fully saturated rings. The monoisotopic (exact) mass is 187 g/mol. The summed E-state index contributed by atoms with van der Waals surface area (Å²) in [5.41, 5.74) is -0.0219. The number of anilines is 1. The Balaban J connectivity index is 2.53. The first-order valence-corrected chi connectivity index (χ1v) is 4.60. The van der Waals surface area contributed by atoms with E-state index in [-0.39, 0.29) is 5.56 Å². The van der Waals surface area contributed by atoms with Gasteiger partial charge in [-0.05, 0) is 18.6 Å². The van der Waals surface area contributed by atoms with E-state index in [0.29, 0.717) is 0 Å². The second-order valence-corrected chi connectivity index (χ2v) is 3.40. The zero-order valence-electron chi connectivity index (χ0n) is 7.26. The fourth-order valence-corrected chi connectivity index (χ4v) is 1.53. The van der Waals surface area contributed by atoms with E-state index in [1.807, 2.05) is 19.0 Å². The van der Waals surface area contributed by atoms with Crippen LogP contribution in [0.1, 0.15) is 0 Å². The van der Waals surface area contributed by atoms with Gasteiger partial charge in [-0.25, -0.2) is 0 Å². The van der Waals surface area contributed by atoms with Gasteiger partial charge in [-0.2, -0.15) is 0 Å². The molecule has 68 valence electrons. The summed E-state index contributed by atoms with van der Waals surface area (Å²) in [7, 11) is 3.88. The van der Waals surface area contributed by atoms with Crippen molar-refractivity contribution in [3.05, 3.63) is 16.4 Å².